The molecule has 2 aromatic rings. The van der Waals surface area contributed by atoms with Crippen molar-refractivity contribution in [1.29, 1.82) is 0 Å². The van der Waals surface area contributed by atoms with Gasteiger partial charge in [0.25, 0.3) is 0 Å². The van der Waals surface area contributed by atoms with Crippen molar-refractivity contribution >= 4 is 32.6 Å². The molecule has 1 heterocycles. The molecule has 0 atom stereocenters. The van der Waals surface area contributed by atoms with Gasteiger partial charge in [0.05, 0.1) is 11.1 Å². The Morgan fingerprint density at radius 2 is 2.25 bits per heavy atom. The molecule has 0 aliphatic heterocycles. The van der Waals surface area contributed by atoms with E-state index < -0.39 is 5.63 Å². The van der Waals surface area contributed by atoms with Gasteiger partial charge in [-0.1, -0.05) is 6.07 Å². The van der Waals surface area contributed by atoms with Crippen LogP contribution in [0, 0.1) is 0 Å². The van der Waals surface area contributed by atoms with Crippen LogP contribution in [0.25, 0.3) is 11.0 Å². The Morgan fingerprint density at radius 3 is 2.94 bits per heavy atom. The number of anilines is 1. The highest BCUT2D eigenvalue weighted by molar-refractivity contribution is 9.10. The maximum absolute atomic E-state index is 11.4. The molecule has 0 amide bonds. The summed E-state index contributed by atoms with van der Waals surface area (Å²) in [6, 6.07) is 5.37. The van der Waals surface area contributed by atoms with Gasteiger partial charge >= 0.3 is 5.63 Å². The average Bonchev–Trinajstić information content (AvgIpc) is 2.28. The van der Waals surface area contributed by atoms with Crippen LogP contribution < -0.4 is 16.1 Å². The Hall–Kier alpha value is -1.49. The summed E-state index contributed by atoms with van der Waals surface area (Å²) in [6.45, 7) is 2.37. The fourth-order valence-electron chi connectivity index (χ4n) is 1.45. The van der Waals surface area contributed by atoms with Gasteiger partial charge in [-0.25, -0.2) is 4.79 Å². The predicted molar refractivity (Wildman–Crippen MR) is 65.8 cm³/mol. The van der Waals surface area contributed by atoms with Crippen molar-refractivity contribution in [3.05, 3.63) is 33.1 Å². The second kappa shape index (κ2) is 4.17. The fraction of sp³-hybridized carbons (Fsp3) is 0.182. The van der Waals surface area contributed by atoms with Crippen molar-refractivity contribution in [2.24, 2.45) is 0 Å². The monoisotopic (exact) mass is 283 g/mol. The number of benzene rings is 1. The summed E-state index contributed by atoms with van der Waals surface area (Å²) in [6.07, 6.45) is 0. The number of hydrogen-bond donors (Lipinski definition) is 1. The second-order valence-electron chi connectivity index (χ2n) is 3.18. The summed E-state index contributed by atoms with van der Waals surface area (Å²) in [5.74, 6) is 0.540. The van der Waals surface area contributed by atoms with Gasteiger partial charge in [-0.3, -0.25) is 0 Å². The molecule has 1 aromatic carbocycles. The zero-order valence-electron chi connectivity index (χ0n) is 8.62. The molecule has 0 bridgehead atoms. The van der Waals surface area contributed by atoms with Gasteiger partial charge in [0.1, 0.15) is 5.69 Å². The van der Waals surface area contributed by atoms with Gasteiger partial charge in [-0.2, -0.15) is 0 Å². The van der Waals surface area contributed by atoms with Crippen LogP contribution in [0.15, 0.2) is 31.9 Å². The molecule has 0 aliphatic carbocycles. The standard InChI is InChI=1S/C11H10BrNO3/c1-2-15-7-5-3-4-6-8(12)9(13)11(14)16-10(6)7/h3-5H,2,13H2,1H3. The van der Waals surface area contributed by atoms with Gasteiger partial charge in [0.2, 0.25) is 0 Å². The van der Waals surface area contributed by atoms with Crippen molar-refractivity contribution in [1.82, 2.24) is 0 Å². The molecule has 0 aliphatic rings. The maximum Gasteiger partial charge on any atom is 0.360 e. The highest BCUT2D eigenvalue weighted by atomic mass is 79.9. The molecule has 0 unspecified atom stereocenters. The first-order valence-electron chi connectivity index (χ1n) is 4.78. The van der Waals surface area contributed by atoms with E-state index in [-0.39, 0.29) is 5.69 Å². The molecule has 0 saturated heterocycles. The normalized spacial score (nSPS) is 10.6. The summed E-state index contributed by atoms with van der Waals surface area (Å²) >= 11 is 3.28. The average molecular weight is 284 g/mol. The van der Waals surface area contributed by atoms with Gasteiger partial charge in [0.15, 0.2) is 11.3 Å². The number of halogens is 1. The van der Waals surface area contributed by atoms with E-state index in [4.69, 9.17) is 14.9 Å². The summed E-state index contributed by atoms with van der Waals surface area (Å²) in [7, 11) is 0. The van der Waals surface area contributed by atoms with Crippen LogP contribution in [0.5, 0.6) is 5.75 Å². The van der Waals surface area contributed by atoms with Crippen LogP contribution in [-0.4, -0.2) is 6.61 Å². The Balaban J connectivity index is 2.84. The summed E-state index contributed by atoms with van der Waals surface area (Å²) in [5.41, 5.74) is 5.50. The third-order valence-corrected chi connectivity index (χ3v) is 3.02. The van der Waals surface area contributed by atoms with E-state index >= 15 is 0 Å². The van der Waals surface area contributed by atoms with E-state index in [1.54, 1.807) is 12.1 Å². The first-order valence-corrected chi connectivity index (χ1v) is 5.58. The molecule has 84 valence electrons. The molecule has 0 fully saturated rings. The number of rotatable bonds is 2. The zero-order chi connectivity index (χ0) is 11.7. The third-order valence-electron chi connectivity index (χ3n) is 2.17. The van der Waals surface area contributed by atoms with Crippen molar-refractivity contribution in [3.63, 3.8) is 0 Å². The molecule has 2 rings (SSSR count). The molecule has 4 nitrogen and oxygen atoms in total. The first kappa shape index (κ1) is 11.0. The van der Waals surface area contributed by atoms with Gasteiger partial charge in [-0.05, 0) is 35.0 Å². The lowest BCUT2D eigenvalue weighted by atomic mass is 10.2. The van der Waals surface area contributed by atoms with Crippen LogP contribution in [0.2, 0.25) is 0 Å². The van der Waals surface area contributed by atoms with Crippen LogP contribution in [0.1, 0.15) is 6.92 Å². The number of fused-ring (bicyclic) bond motifs is 1. The largest absolute Gasteiger partial charge is 0.490 e. The molecule has 1 aromatic heterocycles. The SMILES string of the molecule is CCOc1cccc2c(Br)c(N)c(=O)oc12. The number of nitrogen functional groups attached to an aromatic ring is 1. The quantitative estimate of drug-likeness (QED) is 0.861. The van der Waals surface area contributed by atoms with Crippen LogP contribution >= 0.6 is 15.9 Å². The zero-order valence-corrected chi connectivity index (χ0v) is 10.2. The molecule has 0 saturated carbocycles. The number of nitrogens with two attached hydrogens (primary N) is 1. The highest BCUT2D eigenvalue weighted by Gasteiger charge is 2.12. The lowest BCUT2D eigenvalue weighted by Gasteiger charge is -2.07. The highest BCUT2D eigenvalue weighted by Crippen LogP contribution is 2.32. The van der Waals surface area contributed by atoms with E-state index in [1.807, 2.05) is 13.0 Å². The second-order valence-corrected chi connectivity index (χ2v) is 3.98. The van der Waals surface area contributed by atoms with Crippen molar-refractivity contribution in [2.75, 3.05) is 12.3 Å². The molecule has 5 heteroatoms. The van der Waals surface area contributed by atoms with E-state index in [1.165, 1.54) is 0 Å². The van der Waals surface area contributed by atoms with E-state index in [0.717, 1.165) is 5.39 Å². The molecule has 2 N–H and O–H groups in total. The maximum atomic E-state index is 11.4. The van der Waals surface area contributed by atoms with Crippen LogP contribution in [0.4, 0.5) is 5.69 Å². The topological polar surface area (TPSA) is 65.5 Å². The summed E-state index contributed by atoms with van der Waals surface area (Å²) in [5, 5.41) is 0.725. The minimum Gasteiger partial charge on any atom is -0.490 e. The van der Waals surface area contributed by atoms with Crippen LogP contribution in [-0.2, 0) is 0 Å². The Morgan fingerprint density at radius 1 is 1.50 bits per heavy atom. The van der Waals surface area contributed by atoms with E-state index in [0.29, 0.717) is 22.4 Å². The lowest BCUT2D eigenvalue weighted by molar-refractivity contribution is 0.337. The fourth-order valence-corrected chi connectivity index (χ4v) is 1.92. The number of ether oxygens (including phenoxy) is 1. The summed E-state index contributed by atoms with van der Waals surface area (Å²) in [4.78, 5) is 11.4. The number of para-hydroxylation sites is 1. The van der Waals surface area contributed by atoms with Gasteiger partial charge in [-0.15, -0.1) is 0 Å². The molecular weight excluding hydrogens is 274 g/mol. The molecule has 0 radical (unpaired) electrons. The molecular formula is C11H10BrNO3. The smallest absolute Gasteiger partial charge is 0.360 e. The van der Waals surface area contributed by atoms with Crippen LogP contribution in [0.3, 0.4) is 0 Å². The van der Waals surface area contributed by atoms with Gasteiger partial charge in [0, 0.05) is 5.39 Å². The lowest BCUT2D eigenvalue weighted by Crippen LogP contribution is -2.08. The van der Waals surface area contributed by atoms with Crippen molar-refractivity contribution in [3.8, 4) is 5.75 Å². The van der Waals surface area contributed by atoms with Crippen molar-refractivity contribution in [2.45, 2.75) is 6.92 Å². The first-order chi connectivity index (χ1) is 7.65. The Kier molecular flexibility index (Phi) is 2.87. The predicted octanol–water partition coefficient (Wildman–Crippen LogP) is 2.54. The van der Waals surface area contributed by atoms with E-state index in [9.17, 15) is 4.79 Å². The third kappa shape index (κ3) is 1.67. The molecule has 0 spiro atoms. The summed E-state index contributed by atoms with van der Waals surface area (Å²) < 4.78 is 11.0. The minimum atomic E-state index is -0.563. The Labute approximate surface area is 100 Å². The molecule has 16 heavy (non-hydrogen) atoms. The van der Waals surface area contributed by atoms with Crippen molar-refractivity contribution < 1.29 is 9.15 Å². The Bertz CT molecular complexity index is 592. The minimum absolute atomic E-state index is 0.0705. The van der Waals surface area contributed by atoms with E-state index in [2.05, 4.69) is 15.9 Å². The van der Waals surface area contributed by atoms with Gasteiger partial charge < -0.3 is 14.9 Å². The number of hydrogen-bond acceptors (Lipinski definition) is 4.